The number of halogens is 1. The van der Waals surface area contributed by atoms with E-state index >= 15 is 0 Å². The van der Waals surface area contributed by atoms with Crippen LogP contribution in [0.2, 0.25) is 0 Å². The fourth-order valence-electron chi connectivity index (χ4n) is 2.50. The average Bonchev–Trinajstić information content (AvgIpc) is 2.48. The first-order valence-electron chi connectivity index (χ1n) is 7.15. The molecule has 1 aromatic carbocycles. The normalized spacial score (nSPS) is 24.3. The first kappa shape index (κ1) is 16.1. The third-order valence-electron chi connectivity index (χ3n) is 3.62. The van der Waals surface area contributed by atoms with Crippen molar-refractivity contribution in [2.24, 2.45) is 0 Å². The highest BCUT2D eigenvalue weighted by Gasteiger charge is 2.32. The summed E-state index contributed by atoms with van der Waals surface area (Å²) < 4.78 is 19.0. The molecule has 0 saturated heterocycles. The third-order valence-corrected chi connectivity index (χ3v) is 3.62. The molecule has 0 aromatic heterocycles. The van der Waals surface area contributed by atoms with Crippen molar-refractivity contribution < 1.29 is 23.8 Å². The van der Waals surface area contributed by atoms with E-state index in [0.717, 1.165) is 5.56 Å². The van der Waals surface area contributed by atoms with Crippen molar-refractivity contribution in [2.75, 3.05) is 0 Å². The van der Waals surface area contributed by atoms with Gasteiger partial charge in [0.05, 0.1) is 6.04 Å². The predicted molar refractivity (Wildman–Crippen MR) is 77.2 cm³/mol. The minimum Gasteiger partial charge on any atom is -0.465 e. The Kier molecular flexibility index (Phi) is 5.57. The van der Waals surface area contributed by atoms with Crippen LogP contribution >= 0.6 is 0 Å². The standard InChI is InChI=1S/C15H19FN2O4/c16-12-8-11(17-14(19)20)6-7-13(12)18-15(21)22-9-10-4-2-1-3-5-10/h1-5,11-13,17H,6-9H2,(H,18,21)(H,19,20)/t11-,12+,13-/m1/s1. The van der Waals surface area contributed by atoms with Crippen LogP contribution in [-0.4, -0.2) is 35.5 Å². The van der Waals surface area contributed by atoms with Gasteiger partial charge in [0, 0.05) is 12.5 Å². The quantitative estimate of drug-likeness (QED) is 0.797. The minimum absolute atomic E-state index is 0.0515. The Labute approximate surface area is 127 Å². The lowest BCUT2D eigenvalue weighted by Crippen LogP contribution is -2.49. The number of carbonyl (C=O) groups excluding carboxylic acids is 1. The Morgan fingerprint density at radius 3 is 2.59 bits per heavy atom. The maximum Gasteiger partial charge on any atom is 0.407 e. The number of benzene rings is 1. The van der Waals surface area contributed by atoms with Crippen molar-refractivity contribution in [3.63, 3.8) is 0 Å². The van der Waals surface area contributed by atoms with Crippen LogP contribution in [-0.2, 0) is 11.3 Å². The molecule has 0 radical (unpaired) electrons. The van der Waals surface area contributed by atoms with Gasteiger partial charge in [-0.25, -0.2) is 14.0 Å². The maximum atomic E-state index is 14.0. The minimum atomic E-state index is -1.30. The molecule has 6 nitrogen and oxygen atoms in total. The smallest absolute Gasteiger partial charge is 0.407 e. The molecule has 7 heteroatoms. The number of rotatable bonds is 4. The van der Waals surface area contributed by atoms with Gasteiger partial charge in [0.1, 0.15) is 12.8 Å². The zero-order chi connectivity index (χ0) is 15.9. The van der Waals surface area contributed by atoms with Crippen LogP contribution in [0.25, 0.3) is 0 Å². The van der Waals surface area contributed by atoms with E-state index < -0.39 is 30.4 Å². The Morgan fingerprint density at radius 1 is 1.23 bits per heavy atom. The summed E-state index contributed by atoms with van der Waals surface area (Å²) in [6.07, 6.45) is -2.22. The topological polar surface area (TPSA) is 87.7 Å². The second-order valence-electron chi connectivity index (χ2n) is 5.29. The molecular weight excluding hydrogens is 291 g/mol. The van der Waals surface area contributed by atoms with Crippen molar-refractivity contribution in [1.82, 2.24) is 10.6 Å². The van der Waals surface area contributed by atoms with Crippen molar-refractivity contribution in [3.05, 3.63) is 35.9 Å². The SMILES string of the molecule is O=C(O)N[C@@H]1CC[C@@H](NC(=O)OCc2ccccc2)[C@@H](F)C1. The van der Waals surface area contributed by atoms with Gasteiger partial charge in [-0.15, -0.1) is 0 Å². The number of hydrogen-bond donors (Lipinski definition) is 3. The van der Waals surface area contributed by atoms with Crippen LogP contribution in [0.4, 0.5) is 14.0 Å². The number of hydrogen-bond acceptors (Lipinski definition) is 3. The van der Waals surface area contributed by atoms with E-state index in [1.807, 2.05) is 30.3 Å². The van der Waals surface area contributed by atoms with E-state index in [2.05, 4.69) is 10.6 Å². The summed E-state index contributed by atoms with van der Waals surface area (Å²) >= 11 is 0. The second kappa shape index (κ2) is 7.63. The molecule has 1 saturated carbocycles. The molecule has 0 spiro atoms. The van der Waals surface area contributed by atoms with E-state index in [1.165, 1.54) is 0 Å². The van der Waals surface area contributed by atoms with Crippen LogP contribution in [0.5, 0.6) is 0 Å². The number of amides is 2. The van der Waals surface area contributed by atoms with Crippen LogP contribution in [0.1, 0.15) is 24.8 Å². The monoisotopic (exact) mass is 310 g/mol. The van der Waals surface area contributed by atoms with E-state index in [4.69, 9.17) is 9.84 Å². The van der Waals surface area contributed by atoms with Gasteiger partial charge in [-0.2, -0.15) is 0 Å². The lowest BCUT2D eigenvalue weighted by Gasteiger charge is -2.31. The zero-order valence-electron chi connectivity index (χ0n) is 12.0. The van der Waals surface area contributed by atoms with Gasteiger partial charge in [0.2, 0.25) is 0 Å². The first-order chi connectivity index (χ1) is 10.5. The zero-order valence-corrected chi connectivity index (χ0v) is 12.0. The van der Waals surface area contributed by atoms with Crippen molar-refractivity contribution >= 4 is 12.2 Å². The molecule has 1 fully saturated rings. The Balaban J connectivity index is 1.74. The van der Waals surface area contributed by atoms with Gasteiger partial charge < -0.3 is 20.5 Å². The van der Waals surface area contributed by atoms with Crippen LogP contribution in [0.3, 0.4) is 0 Å². The fraction of sp³-hybridized carbons (Fsp3) is 0.467. The van der Waals surface area contributed by atoms with Crippen molar-refractivity contribution in [1.29, 1.82) is 0 Å². The van der Waals surface area contributed by atoms with E-state index in [1.54, 1.807) is 0 Å². The molecule has 0 aliphatic heterocycles. The van der Waals surface area contributed by atoms with Gasteiger partial charge in [0.15, 0.2) is 0 Å². The highest BCUT2D eigenvalue weighted by atomic mass is 19.1. The number of alkyl halides is 1. The number of nitrogens with one attached hydrogen (secondary N) is 2. The highest BCUT2D eigenvalue weighted by Crippen LogP contribution is 2.22. The summed E-state index contributed by atoms with van der Waals surface area (Å²) in [6, 6.07) is 8.14. The van der Waals surface area contributed by atoms with E-state index in [-0.39, 0.29) is 13.0 Å². The summed E-state index contributed by atoms with van der Waals surface area (Å²) in [6.45, 7) is 0.125. The lowest BCUT2D eigenvalue weighted by molar-refractivity contribution is 0.112. The summed E-state index contributed by atoms with van der Waals surface area (Å²) in [5, 5.41) is 13.4. The summed E-state index contributed by atoms with van der Waals surface area (Å²) in [5.41, 5.74) is 0.851. The molecule has 0 bridgehead atoms. The van der Waals surface area contributed by atoms with Crippen LogP contribution in [0.15, 0.2) is 30.3 Å². The second-order valence-corrected chi connectivity index (χ2v) is 5.29. The number of ether oxygens (including phenoxy) is 1. The first-order valence-corrected chi connectivity index (χ1v) is 7.15. The summed E-state index contributed by atoms with van der Waals surface area (Å²) in [7, 11) is 0. The number of carbonyl (C=O) groups is 2. The third kappa shape index (κ3) is 4.91. The fourth-order valence-corrected chi connectivity index (χ4v) is 2.50. The average molecular weight is 310 g/mol. The molecule has 2 rings (SSSR count). The Morgan fingerprint density at radius 2 is 1.95 bits per heavy atom. The molecule has 22 heavy (non-hydrogen) atoms. The maximum absolute atomic E-state index is 14.0. The van der Waals surface area contributed by atoms with Gasteiger partial charge in [0.25, 0.3) is 0 Å². The van der Waals surface area contributed by atoms with Crippen LogP contribution in [0, 0.1) is 0 Å². The highest BCUT2D eigenvalue weighted by molar-refractivity contribution is 5.67. The lowest BCUT2D eigenvalue weighted by atomic mass is 9.89. The van der Waals surface area contributed by atoms with Crippen molar-refractivity contribution in [3.8, 4) is 0 Å². The van der Waals surface area contributed by atoms with Gasteiger partial charge in [-0.1, -0.05) is 30.3 Å². The molecule has 0 unspecified atom stereocenters. The van der Waals surface area contributed by atoms with Crippen LogP contribution < -0.4 is 10.6 Å². The Bertz CT molecular complexity index is 512. The molecular formula is C15H19FN2O4. The molecule has 2 amide bonds. The summed E-state index contributed by atoms with van der Waals surface area (Å²) in [4.78, 5) is 22.2. The van der Waals surface area contributed by atoms with Gasteiger partial charge in [-0.05, 0) is 18.4 Å². The summed E-state index contributed by atoms with van der Waals surface area (Å²) in [5.74, 6) is 0. The predicted octanol–water partition coefficient (Wildman–Crippen LogP) is 2.44. The molecule has 120 valence electrons. The molecule has 1 aliphatic carbocycles. The van der Waals surface area contributed by atoms with Gasteiger partial charge in [-0.3, -0.25) is 0 Å². The number of carboxylic acid groups (broad SMARTS) is 1. The molecule has 3 N–H and O–H groups in total. The Hall–Kier alpha value is -2.31. The number of alkyl carbamates (subject to hydrolysis) is 1. The molecule has 3 atom stereocenters. The molecule has 1 aromatic rings. The molecule has 0 heterocycles. The largest absolute Gasteiger partial charge is 0.465 e. The molecule has 1 aliphatic rings. The van der Waals surface area contributed by atoms with Gasteiger partial charge >= 0.3 is 12.2 Å². The van der Waals surface area contributed by atoms with Crippen molar-refractivity contribution in [2.45, 2.75) is 44.1 Å². The van der Waals surface area contributed by atoms with E-state index in [0.29, 0.717) is 12.8 Å². The van der Waals surface area contributed by atoms with E-state index in [9.17, 15) is 14.0 Å².